The van der Waals surface area contributed by atoms with Gasteiger partial charge in [0.15, 0.2) is 6.10 Å². The first-order chi connectivity index (χ1) is 15.6. The Morgan fingerprint density at radius 2 is 1.61 bits per heavy atom. The number of carbonyl (C=O) groups excluding carboxylic acids is 1. The highest BCUT2D eigenvalue weighted by molar-refractivity contribution is 7.92. The van der Waals surface area contributed by atoms with Gasteiger partial charge in [-0.3, -0.25) is 9.10 Å². The molecule has 11 heteroatoms. The monoisotopic (exact) mass is 478 g/mol. The number of fused-ring (bicyclic) bond motifs is 1. The molecule has 1 aliphatic rings. The molecule has 3 aromatic carbocycles. The Bertz CT molecular complexity index is 1250. The highest BCUT2D eigenvalue weighted by atomic mass is 32.2. The SMILES string of the molecule is O=C(Nc1ccc(OC(F)(F)F)cc1)C1CN(S(=O)(=O)c2ccccc2)c2ccccc2O1. The molecular weight excluding hydrogens is 461 g/mol. The van der Waals surface area contributed by atoms with E-state index >= 15 is 0 Å². The van der Waals surface area contributed by atoms with Crippen molar-refractivity contribution < 1.29 is 35.9 Å². The van der Waals surface area contributed by atoms with Crippen LogP contribution in [0.5, 0.6) is 11.5 Å². The lowest BCUT2D eigenvalue weighted by Crippen LogP contribution is -2.48. The maximum atomic E-state index is 13.3. The highest BCUT2D eigenvalue weighted by Crippen LogP contribution is 2.37. The van der Waals surface area contributed by atoms with Crippen LogP contribution < -0.4 is 19.1 Å². The number of halogens is 3. The summed E-state index contributed by atoms with van der Waals surface area (Å²) >= 11 is 0. The van der Waals surface area contributed by atoms with E-state index in [1.165, 1.54) is 24.3 Å². The van der Waals surface area contributed by atoms with Crippen LogP contribution in [0.25, 0.3) is 0 Å². The summed E-state index contributed by atoms with van der Waals surface area (Å²) in [4.78, 5) is 12.9. The van der Waals surface area contributed by atoms with Crippen LogP contribution in [-0.4, -0.2) is 33.3 Å². The largest absolute Gasteiger partial charge is 0.573 e. The third-order valence-corrected chi connectivity index (χ3v) is 6.51. The molecule has 1 N–H and O–H groups in total. The van der Waals surface area contributed by atoms with Crippen molar-refractivity contribution in [3.8, 4) is 11.5 Å². The number of amides is 1. The number of alkyl halides is 3. The van der Waals surface area contributed by atoms with Crippen molar-refractivity contribution >= 4 is 27.3 Å². The molecular formula is C22H17F3N2O5S. The first-order valence-corrected chi connectivity index (χ1v) is 11.1. The normalized spacial score (nSPS) is 15.8. The van der Waals surface area contributed by atoms with Gasteiger partial charge in [-0.1, -0.05) is 30.3 Å². The Kier molecular flexibility index (Phi) is 5.90. The van der Waals surface area contributed by atoms with Crippen molar-refractivity contribution in [2.24, 2.45) is 0 Å². The summed E-state index contributed by atoms with van der Waals surface area (Å²) in [6, 6.07) is 18.8. The molecule has 1 atom stereocenters. The maximum Gasteiger partial charge on any atom is 0.573 e. The first kappa shape index (κ1) is 22.5. The van der Waals surface area contributed by atoms with E-state index in [2.05, 4.69) is 10.1 Å². The molecule has 0 aliphatic carbocycles. The summed E-state index contributed by atoms with van der Waals surface area (Å²) < 4.78 is 74.1. The van der Waals surface area contributed by atoms with Gasteiger partial charge in [-0.15, -0.1) is 13.2 Å². The van der Waals surface area contributed by atoms with E-state index in [1.54, 1.807) is 42.5 Å². The number of nitrogens with zero attached hydrogens (tertiary/aromatic N) is 1. The minimum Gasteiger partial charge on any atom is -0.476 e. The van der Waals surface area contributed by atoms with Gasteiger partial charge in [0.05, 0.1) is 17.1 Å². The Hall–Kier alpha value is -3.73. The van der Waals surface area contributed by atoms with Crippen LogP contribution in [0, 0.1) is 0 Å². The van der Waals surface area contributed by atoms with Crippen LogP contribution in [0.4, 0.5) is 24.5 Å². The zero-order valence-corrected chi connectivity index (χ0v) is 17.6. The Labute approximate surface area is 187 Å². The summed E-state index contributed by atoms with van der Waals surface area (Å²) in [6.45, 7) is -0.296. The van der Waals surface area contributed by atoms with Crippen molar-refractivity contribution in [3.05, 3.63) is 78.9 Å². The molecule has 0 aromatic heterocycles. The molecule has 3 aromatic rings. The predicted octanol–water partition coefficient (Wildman–Crippen LogP) is 4.18. The molecule has 0 saturated heterocycles. The molecule has 0 saturated carbocycles. The standard InChI is InChI=1S/C22H17F3N2O5S/c23-22(24,25)32-16-12-10-15(11-13-16)26-21(28)20-14-27(18-8-4-5-9-19(18)31-20)33(29,30)17-6-2-1-3-7-17/h1-13,20H,14H2,(H,26,28). The van der Waals surface area contributed by atoms with Crippen LogP contribution in [0.15, 0.2) is 83.8 Å². The van der Waals surface area contributed by atoms with E-state index < -0.39 is 34.1 Å². The van der Waals surface area contributed by atoms with Crippen molar-refractivity contribution in [1.29, 1.82) is 0 Å². The van der Waals surface area contributed by atoms with E-state index in [0.29, 0.717) is 5.69 Å². The molecule has 33 heavy (non-hydrogen) atoms. The molecule has 0 spiro atoms. The predicted molar refractivity (Wildman–Crippen MR) is 114 cm³/mol. The Morgan fingerprint density at radius 1 is 0.970 bits per heavy atom. The molecule has 1 amide bonds. The van der Waals surface area contributed by atoms with E-state index in [-0.39, 0.29) is 22.9 Å². The Balaban J connectivity index is 1.56. The van der Waals surface area contributed by atoms with Crippen molar-refractivity contribution in [1.82, 2.24) is 0 Å². The van der Waals surface area contributed by atoms with Crippen molar-refractivity contribution in [2.75, 3.05) is 16.2 Å². The number of benzene rings is 3. The van der Waals surface area contributed by atoms with Gasteiger partial charge < -0.3 is 14.8 Å². The first-order valence-electron chi connectivity index (χ1n) is 9.64. The van der Waals surface area contributed by atoms with Crippen molar-refractivity contribution in [3.63, 3.8) is 0 Å². The van der Waals surface area contributed by atoms with Gasteiger partial charge in [-0.2, -0.15) is 0 Å². The second-order valence-corrected chi connectivity index (χ2v) is 8.85. The number of hydrogen-bond donors (Lipinski definition) is 1. The summed E-state index contributed by atoms with van der Waals surface area (Å²) in [7, 11) is -3.99. The number of sulfonamides is 1. The number of ether oxygens (including phenoxy) is 2. The number of hydrogen-bond acceptors (Lipinski definition) is 5. The van der Waals surface area contributed by atoms with Crippen LogP contribution >= 0.6 is 0 Å². The third-order valence-electron chi connectivity index (χ3n) is 4.71. The lowest BCUT2D eigenvalue weighted by atomic mass is 10.2. The van der Waals surface area contributed by atoms with Crippen LogP contribution in [-0.2, 0) is 14.8 Å². The average Bonchev–Trinajstić information content (AvgIpc) is 2.79. The second-order valence-electron chi connectivity index (χ2n) is 6.98. The van der Waals surface area contributed by atoms with Gasteiger partial charge in [0.25, 0.3) is 15.9 Å². The molecule has 1 unspecified atom stereocenters. The molecule has 0 fully saturated rings. The number of nitrogens with one attached hydrogen (secondary N) is 1. The molecule has 0 radical (unpaired) electrons. The third kappa shape index (κ3) is 5.03. The second kappa shape index (κ2) is 8.66. The fourth-order valence-corrected chi connectivity index (χ4v) is 4.75. The molecule has 1 aliphatic heterocycles. The fraction of sp³-hybridized carbons (Fsp3) is 0.136. The number of anilines is 2. The highest BCUT2D eigenvalue weighted by Gasteiger charge is 2.37. The summed E-state index contributed by atoms with van der Waals surface area (Å²) in [5.41, 5.74) is 0.480. The quantitative estimate of drug-likeness (QED) is 0.595. The molecule has 172 valence electrons. The van der Waals surface area contributed by atoms with Gasteiger partial charge in [0.2, 0.25) is 0 Å². The van der Waals surface area contributed by atoms with Gasteiger partial charge in [0, 0.05) is 5.69 Å². The van der Waals surface area contributed by atoms with Gasteiger partial charge in [-0.25, -0.2) is 8.42 Å². The zero-order valence-electron chi connectivity index (χ0n) is 16.8. The van der Waals surface area contributed by atoms with E-state index in [4.69, 9.17) is 4.74 Å². The Morgan fingerprint density at radius 3 is 2.27 bits per heavy atom. The smallest absolute Gasteiger partial charge is 0.476 e. The van der Waals surface area contributed by atoms with Crippen LogP contribution in [0.2, 0.25) is 0 Å². The number of para-hydroxylation sites is 2. The minimum atomic E-state index is -4.83. The van der Waals surface area contributed by atoms with Gasteiger partial charge in [-0.05, 0) is 48.5 Å². The summed E-state index contributed by atoms with van der Waals surface area (Å²) in [5.74, 6) is -0.900. The molecule has 0 bridgehead atoms. The topological polar surface area (TPSA) is 84.9 Å². The molecule has 1 heterocycles. The van der Waals surface area contributed by atoms with E-state index in [0.717, 1.165) is 16.4 Å². The summed E-state index contributed by atoms with van der Waals surface area (Å²) in [6.07, 6.45) is -6.04. The van der Waals surface area contributed by atoms with E-state index in [1.807, 2.05) is 0 Å². The number of rotatable bonds is 5. The summed E-state index contributed by atoms with van der Waals surface area (Å²) in [5, 5.41) is 2.52. The van der Waals surface area contributed by atoms with Gasteiger partial charge >= 0.3 is 6.36 Å². The zero-order chi connectivity index (χ0) is 23.6. The number of carbonyl (C=O) groups is 1. The van der Waals surface area contributed by atoms with Crippen molar-refractivity contribution in [2.45, 2.75) is 17.4 Å². The lowest BCUT2D eigenvalue weighted by Gasteiger charge is -2.34. The average molecular weight is 478 g/mol. The lowest BCUT2D eigenvalue weighted by molar-refractivity contribution is -0.274. The maximum absolute atomic E-state index is 13.3. The van der Waals surface area contributed by atoms with Gasteiger partial charge in [0.1, 0.15) is 11.5 Å². The molecule has 4 rings (SSSR count). The van der Waals surface area contributed by atoms with Crippen LogP contribution in [0.3, 0.4) is 0 Å². The van der Waals surface area contributed by atoms with E-state index in [9.17, 15) is 26.4 Å². The minimum absolute atomic E-state index is 0.0566. The molecule has 7 nitrogen and oxygen atoms in total. The van der Waals surface area contributed by atoms with Crippen LogP contribution in [0.1, 0.15) is 0 Å². The fourth-order valence-electron chi connectivity index (χ4n) is 3.25.